The van der Waals surface area contributed by atoms with Gasteiger partial charge in [0.1, 0.15) is 48.3 Å². The Kier molecular flexibility index (Phi) is 32.0. The van der Waals surface area contributed by atoms with E-state index in [1.807, 2.05) is 16.0 Å². The Morgan fingerprint density at radius 2 is 0.892 bits per heavy atom. The number of carboxylic acids is 4. The first-order valence-electron chi connectivity index (χ1n) is 25.3. The van der Waals surface area contributed by atoms with Crippen LogP contribution in [0.15, 0.2) is 40.3 Å². The highest BCUT2D eigenvalue weighted by Gasteiger charge is 2.35. The number of carbonyl (C=O) groups is 14. The predicted molar refractivity (Wildman–Crippen MR) is 287 cm³/mol. The van der Waals surface area contributed by atoms with Gasteiger partial charge in [0, 0.05) is 25.9 Å². The predicted octanol–water partition coefficient (Wildman–Crippen LogP) is -9.17. The summed E-state index contributed by atoms with van der Waals surface area (Å²) in [6.45, 7) is -0.817. The number of hydrogen-bond donors (Lipinski definition) is 20. The SMILES string of the molecule is CC(NC(=O)C(CO)NC(=O)C(CCCN=C(N)N)NC(=O)C(CCCN=C(N)N)NC(=O)CNC(=O)C(N)Cc1ccccc1)C(=O)NC(CCC(=O)O)C(=O)NC(CC(=O)O)C(=O)NC(CCC(=O)O)C(=O)NC(CC(N)=O)C(=O)O. The molecule has 10 amide bonds. The van der Waals surface area contributed by atoms with Gasteiger partial charge in [0.2, 0.25) is 59.1 Å². The van der Waals surface area contributed by atoms with Crippen molar-refractivity contribution in [2.45, 2.75) is 132 Å². The van der Waals surface area contributed by atoms with E-state index in [9.17, 15) is 92.7 Å². The number of guanidine groups is 2. The minimum absolute atomic E-state index is 0.00740. The highest BCUT2D eigenvalue weighted by atomic mass is 16.4. The van der Waals surface area contributed by atoms with Crippen LogP contribution >= 0.6 is 0 Å². The fraction of sp³-hybridized carbons (Fsp3) is 0.532. The van der Waals surface area contributed by atoms with Crippen LogP contribution in [-0.4, -0.2) is 201 Å². The largest absolute Gasteiger partial charge is 0.481 e. The number of benzene rings is 1. The van der Waals surface area contributed by atoms with Crippen molar-refractivity contribution in [2.24, 2.45) is 44.4 Å². The fourth-order valence-corrected chi connectivity index (χ4v) is 7.14. The second-order valence-electron chi connectivity index (χ2n) is 18.3. The van der Waals surface area contributed by atoms with E-state index in [1.54, 1.807) is 30.3 Å². The summed E-state index contributed by atoms with van der Waals surface area (Å²) in [4.78, 5) is 186. The highest BCUT2D eigenvalue weighted by molar-refractivity contribution is 5.99. The van der Waals surface area contributed by atoms with Crippen LogP contribution in [0.1, 0.15) is 76.7 Å². The van der Waals surface area contributed by atoms with Crippen molar-refractivity contribution in [3.8, 4) is 0 Å². The molecule has 0 bridgehead atoms. The van der Waals surface area contributed by atoms with Gasteiger partial charge in [-0.3, -0.25) is 72.3 Å². The molecule has 0 spiro atoms. The first kappa shape index (κ1) is 71.3. The quantitative estimate of drug-likeness (QED) is 0.0165. The lowest BCUT2D eigenvalue weighted by Gasteiger charge is -2.26. The number of hydrogen-bond acceptors (Lipinski definition) is 18. The molecule has 36 nitrogen and oxygen atoms in total. The number of nitrogens with two attached hydrogens (primary N) is 6. The lowest BCUT2D eigenvalue weighted by Crippen LogP contribution is -2.60. The zero-order valence-corrected chi connectivity index (χ0v) is 45.0. The van der Waals surface area contributed by atoms with Gasteiger partial charge in [-0.1, -0.05) is 30.3 Å². The third kappa shape index (κ3) is 29.9. The molecule has 0 saturated carbocycles. The van der Waals surface area contributed by atoms with E-state index in [4.69, 9.17) is 34.4 Å². The Morgan fingerprint density at radius 1 is 0.482 bits per heavy atom. The molecule has 0 fully saturated rings. The molecule has 1 aromatic rings. The van der Waals surface area contributed by atoms with E-state index >= 15 is 0 Å². The Labute approximate surface area is 472 Å². The molecule has 0 saturated heterocycles. The van der Waals surface area contributed by atoms with Crippen LogP contribution < -0.4 is 82.3 Å². The molecular formula is C47H73N17O19. The van der Waals surface area contributed by atoms with E-state index in [0.717, 1.165) is 12.5 Å². The van der Waals surface area contributed by atoms with Crippen LogP contribution in [0.4, 0.5) is 0 Å². The number of carbonyl (C=O) groups excluding carboxylic acids is 10. The molecule has 36 heteroatoms. The number of aliphatic hydroxyl groups excluding tert-OH is 1. The monoisotopic (exact) mass is 1180 g/mol. The number of aliphatic carboxylic acids is 4. The van der Waals surface area contributed by atoms with Gasteiger partial charge in [0.05, 0.1) is 32.0 Å². The number of aliphatic imine (C=N–C) groups is 2. The van der Waals surface area contributed by atoms with Gasteiger partial charge in [0.15, 0.2) is 11.9 Å². The molecule has 0 aliphatic carbocycles. The van der Waals surface area contributed by atoms with Crippen molar-refractivity contribution in [3.63, 3.8) is 0 Å². The number of rotatable bonds is 40. The molecule has 0 radical (unpaired) electrons. The Bertz CT molecular complexity index is 2530. The van der Waals surface area contributed by atoms with Crippen molar-refractivity contribution < 1.29 is 92.7 Å². The summed E-state index contributed by atoms with van der Waals surface area (Å²) >= 11 is 0. The van der Waals surface area contributed by atoms with Crippen molar-refractivity contribution >= 4 is 94.9 Å². The van der Waals surface area contributed by atoms with Crippen LogP contribution in [0.2, 0.25) is 0 Å². The first-order valence-corrected chi connectivity index (χ1v) is 25.3. The lowest BCUT2D eigenvalue weighted by atomic mass is 10.1. The Hall–Kier alpha value is -9.74. The van der Waals surface area contributed by atoms with E-state index in [1.165, 1.54) is 0 Å². The van der Waals surface area contributed by atoms with Gasteiger partial charge in [-0.05, 0) is 57.4 Å². The normalized spacial score (nSPS) is 13.9. The molecule has 460 valence electrons. The zero-order chi connectivity index (χ0) is 62.9. The molecule has 1 rings (SSSR count). The number of carboxylic acid groups (broad SMARTS) is 4. The van der Waals surface area contributed by atoms with Crippen LogP contribution in [0.5, 0.6) is 0 Å². The molecule has 0 aliphatic rings. The van der Waals surface area contributed by atoms with E-state index in [2.05, 4.69) is 41.9 Å². The molecule has 26 N–H and O–H groups in total. The summed E-state index contributed by atoms with van der Waals surface area (Å²) in [5.74, 6) is -18.6. The number of aliphatic hydroxyl groups is 1. The van der Waals surface area contributed by atoms with Gasteiger partial charge >= 0.3 is 23.9 Å². The van der Waals surface area contributed by atoms with Gasteiger partial charge in [-0.25, -0.2) is 4.79 Å². The lowest BCUT2D eigenvalue weighted by molar-refractivity contribution is -0.144. The second-order valence-corrected chi connectivity index (χ2v) is 18.3. The first-order chi connectivity index (χ1) is 38.9. The van der Waals surface area contributed by atoms with Gasteiger partial charge < -0.3 is 108 Å². The summed E-state index contributed by atoms with van der Waals surface area (Å²) < 4.78 is 0. The summed E-state index contributed by atoms with van der Waals surface area (Å²) in [5, 5.41) is 67.5. The number of primary amides is 1. The molecule has 9 atom stereocenters. The van der Waals surface area contributed by atoms with E-state index in [-0.39, 0.29) is 57.1 Å². The van der Waals surface area contributed by atoms with Crippen LogP contribution in [0.25, 0.3) is 0 Å². The maximum Gasteiger partial charge on any atom is 0.326 e. The smallest absolute Gasteiger partial charge is 0.326 e. The maximum absolute atomic E-state index is 13.9. The van der Waals surface area contributed by atoms with Gasteiger partial charge in [-0.15, -0.1) is 0 Å². The summed E-state index contributed by atoms with van der Waals surface area (Å²) in [6.07, 6.45) is -5.49. The van der Waals surface area contributed by atoms with Crippen molar-refractivity contribution in [1.29, 1.82) is 0 Å². The molecule has 1 aromatic carbocycles. The minimum atomic E-state index is -2.16. The van der Waals surface area contributed by atoms with Crippen LogP contribution in [0, 0.1) is 0 Å². The highest BCUT2D eigenvalue weighted by Crippen LogP contribution is 2.09. The van der Waals surface area contributed by atoms with E-state index < -0.39 is 189 Å². The Morgan fingerprint density at radius 3 is 1.33 bits per heavy atom. The average molecular weight is 1180 g/mol. The molecule has 0 heterocycles. The summed E-state index contributed by atoms with van der Waals surface area (Å²) in [5.41, 5.74) is 33.5. The number of nitrogens with one attached hydrogen (secondary N) is 9. The summed E-state index contributed by atoms with van der Waals surface area (Å²) in [6, 6.07) is -6.80. The zero-order valence-electron chi connectivity index (χ0n) is 45.0. The number of amides is 10. The van der Waals surface area contributed by atoms with Crippen LogP contribution in [-0.2, 0) is 73.5 Å². The number of nitrogens with zero attached hydrogens (tertiary/aromatic N) is 2. The van der Waals surface area contributed by atoms with E-state index in [0.29, 0.717) is 0 Å². The molecule has 0 aliphatic heterocycles. The van der Waals surface area contributed by atoms with Crippen molar-refractivity contribution in [1.82, 2.24) is 47.9 Å². The minimum Gasteiger partial charge on any atom is -0.481 e. The fourth-order valence-electron chi connectivity index (χ4n) is 7.14. The maximum atomic E-state index is 13.9. The third-order valence-electron chi connectivity index (χ3n) is 11.4. The topological polar surface area (TPSA) is 629 Å². The molecule has 9 unspecified atom stereocenters. The molecule has 83 heavy (non-hydrogen) atoms. The van der Waals surface area contributed by atoms with Gasteiger partial charge in [0.25, 0.3) is 0 Å². The molecule has 0 aromatic heterocycles. The van der Waals surface area contributed by atoms with Gasteiger partial charge in [-0.2, -0.15) is 0 Å². The second kappa shape index (κ2) is 37.2. The van der Waals surface area contributed by atoms with Crippen LogP contribution in [0.3, 0.4) is 0 Å². The average Bonchev–Trinajstić information content (AvgIpc) is 3.42. The molecular weight excluding hydrogens is 1110 g/mol. The summed E-state index contributed by atoms with van der Waals surface area (Å²) in [7, 11) is 0. The van der Waals surface area contributed by atoms with Crippen molar-refractivity contribution in [2.75, 3.05) is 26.2 Å². The standard InChI is InChI=1S/C47H73N17O19/c1-22(37(74)59-27(11-13-34(68)69)41(78)62-29(19-36(72)73)43(80)61-28(12-14-35(70)71)42(79)63-30(45(82)83)18-32(49)66)57-44(81)31(21-65)64-40(77)26(10-6-16-55-47(52)53)60-39(76)25(9-5-15-54-46(50)51)58-33(67)20-56-38(75)24(48)17-23-7-3-2-4-8-23/h2-4,7-8,22,24-31,65H,5-6,9-21,48H2,1H3,(H2,49,66)(H,56,75)(H,57,81)(H,58,67)(H,59,74)(H,60,76)(H,61,80)(H,62,78)(H,63,79)(H,64,77)(H,68,69)(H,70,71)(H,72,73)(H,82,83)(H4,50,51,54)(H4,52,53,55). The third-order valence-corrected chi connectivity index (χ3v) is 11.4. The van der Waals surface area contributed by atoms with Crippen molar-refractivity contribution in [3.05, 3.63) is 35.9 Å². The Balaban J connectivity index is 3.34.